The molecule has 0 aliphatic heterocycles. The zero-order valence-electron chi connectivity index (χ0n) is 20.0. The predicted octanol–water partition coefficient (Wildman–Crippen LogP) is 4.55. The third-order valence-electron chi connectivity index (χ3n) is 5.41. The Balaban J connectivity index is 1.48. The molecule has 3 N–H and O–H groups in total. The number of aryl methyl sites for hydroxylation is 2. The van der Waals surface area contributed by atoms with Crippen molar-refractivity contribution in [1.82, 2.24) is 4.98 Å². The van der Waals surface area contributed by atoms with Crippen molar-refractivity contribution in [1.29, 1.82) is 0 Å². The molecule has 0 aliphatic rings. The van der Waals surface area contributed by atoms with Crippen molar-refractivity contribution in [3.63, 3.8) is 0 Å². The summed E-state index contributed by atoms with van der Waals surface area (Å²) in [5.74, 6) is -0.486. The minimum atomic E-state index is -3.84. The minimum Gasteiger partial charge on any atom is -0.322 e. The molecule has 0 aliphatic carbocycles. The first kappa shape index (κ1) is 25.9. The van der Waals surface area contributed by atoms with Gasteiger partial charge in [0.1, 0.15) is 0 Å². The molecule has 0 unspecified atom stereocenters. The van der Waals surface area contributed by atoms with Crippen LogP contribution in [0.5, 0.6) is 0 Å². The van der Waals surface area contributed by atoms with Crippen molar-refractivity contribution < 1.29 is 21.6 Å². The van der Waals surface area contributed by atoms with Gasteiger partial charge in [0.15, 0.2) is 0 Å². The second-order valence-electron chi connectivity index (χ2n) is 8.27. The van der Waals surface area contributed by atoms with E-state index in [1.165, 1.54) is 54.9 Å². The summed E-state index contributed by atoms with van der Waals surface area (Å²) >= 11 is 0. The molecule has 0 saturated heterocycles. The number of sulfonamides is 2. The van der Waals surface area contributed by atoms with E-state index in [9.17, 15) is 21.6 Å². The Kier molecular flexibility index (Phi) is 7.28. The number of benzene rings is 3. The van der Waals surface area contributed by atoms with Gasteiger partial charge in [-0.2, -0.15) is 0 Å². The summed E-state index contributed by atoms with van der Waals surface area (Å²) in [6.07, 6.45) is 2.92. The lowest BCUT2D eigenvalue weighted by atomic mass is 10.1. The predicted molar refractivity (Wildman–Crippen MR) is 143 cm³/mol. The zero-order chi connectivity index (χ0) is 26.6. The van der Waals surface area contributed by atoms with Gasteiger partial charge in [-0.05, 0) is 80.1 Å². The topological polar surface area (TPSA) is 134 Å². The Labute approximate surface area is 215 Å². The number of anilines is 3. The summed E-state index contributed by atoms with van der Waals surface area (Å²) in [7, 11) is -7.68. The van der Waals surface area contributed by atoms with Crippen LogP contribution in [0.1, 0.15) is 21.5 Å². The highest BCUT2D eigenvalue weighted by Crippen LogP contribution is 2.23. The highest BCUT2D eigenvalue weighted by atomic mass is 32.2. The van der Waals surface area contributed by atoms with Crippen LogP contribution in [0.4, 0.5) is 17.1 Å². The van der Waals surface area contributed by atoms with Gasteiger partial charge in [0.05, 0.1) is 27.4 Å². The maximum Gasteiger partial charge on any atom is 0.261 e. The first-order valence-electron chi connectivity index (χ1n) is 11.1. The smallest absolute Gasteiger partial charge is 0.261 e. The molecule has 4 rings (SSSR count). The second kappa shape index (κ2) is 10.4. The average Bonchev–Trinajstić information content (AvgIpc) is 2.86. The fourth-order valence-corrected chi connectivity index (χ4v) is 5.52. The molecule has 3 aromatic carbocycles. The van der Waals surface area contributed by atoms with Crippen LogP contribution in [0.15, 0.2) is 101 Å². The van der Waals surface area contributed by atoms with Crippen LogP contribution in [0.25, 0.3) is 0 Å². The van der Waals surface area contributed by atoms with E-state index in [1.807, 2.05) is 6.92 Å². The molecular weight excluding hydrogens is 512 g/mol. The van der Waals surface area contributed by atoms with Crippen LogP contribution in [-0.2, 0) is 20.0 Å². The quantitative estimate of drug-likeness (QED) is 0.302. The molecule has 4 aromatic rings. The van der Waals surface area contributed by atoms with E-state index in [2.05, 4.69) is 19.7 Å². The first-order chi connectivity index (χ1) is 17.5. The van der Waals surface area contributed by atoms with Crippen molar-refractivity contribution in [3.8, 4) is 0 Å². The van der Waals surface area contributed by atoms with E-state index >= 15 is 0 Å². The number of pyridine rings is 1. The van der Waals surface area contributed by atoms with Gasteiger partial charge in [-0.25, -0.2) is 16.8 Å². The molecule has 0 saturated carbocycles. The van der Waals surface area contributed by atoms with E-state index < -0.39 is 26.0 Å². The van der Waals surface area contributed by atoms with Crippen LogP contribution in [0.3, 0.4) is 0 Å². The first-order valence-corrected chi connectivity index (χ1v) is 14.0. The number of carbonyl (C=O) groups is 1. The van der Waals surface area contributed by atoms with E-state index in [0.29, 0.717) is 16.9 Å². The summed E-state index contributed by atoms with van der Waals surface area (Å²) < 4.78 is 55.7. The van der Waals surface area contributed by atoms with Crippen LogP contribution < -0.4 is 14.8 Å². The van der Waals surface area contributed by atoms with Crippen LogP contribution >= 0.6 is 0 Å². The molecular formula is C26H24N4O5S2. The number of carbonyl (C=O) groups excluding carboxylic acids is 1. The van der Waals surface area contributed by atoms with Crippen LogP contribution in [0.2, 0.25) is 0 Å². The lowest BCUT2D eigenvalue weighted by molar-refractivity contribution is 0.102. The number of nitrogens with zero attached hydrogens (tertiary/aromatic N) is 1. The Morgan fingerprint density at radius 3 is 1.97 bits per heavy atom. The fraction of sp³-hybridized carbons (Fsp3) is 0.0769. The van der Waals surface area contributed by atoms with Gasteiger partial charge in [0.25, 0.3) is 26.0 Å². The fourth-order valence-electron chi connectivity index (χ4n) is 3.35. The number of rotatable bonds is 8. The van der Waals surface area contributed by atoms with E-state index in [-0.39, 0.29) is 21.0 Å². The number of hydrogen-bond acceptors (Lipinski definition) is 6. The van der Waals surface area contributed by atoms with Crippen molar-refractivity contribution >= 4 is 43.0 Å². The molecule has 1 amide bonds. The van der Waals surface area contributed by atoms with E-state index in [1.54, 1.807) is 43.3 Å². The molecule has 37 heavy (non-hydrogen) atoms. The van der Waals surface area contributed by atoms with Crippen LogP contribution in [-0.4, -0.2) is 27.7 Å². The Morgan fingerprint density at radius 2 is 1.35 bits per heavy atom. The number of hydrogen-bond donors (Lipinski definition) is 3. The third kappa shape index (κ3) is 6.32. The standard InChI is InChI=1S/C26H24N4O5S2/c1-18-5-11-23(12-6-18)37(34,35)30-25-16-20(8-7-19(25)2)26(31)28-21-9-13-24(14-10-21)36(32,33)29-22-4-3-15-27-17-22/h3-17,29-30H,1-2H3,(H,28,31). The summed E-state index contributed by atoms with van der Waals surface area (Å²) in [4.78, 5) is 16.8. The second-order valence-corrected chi connectivity index (χ2v) is 11.6. The molecule has 11 heteroatoms. The number of amides is 1. The average molecular weight is 537 g/mol. The van der Waals surface area contributed by atoms with Gasteiger partial charge < -0.3 is 5.32 Å². The highest BCUT2D eigenvalue weighted by molar-refractivity contribution is 7.93. The Hall–Kier alpha value is -4.22. The summed E-state index contributed by atoms with van der Waals surface area (Å²) in [5, 5.41) is 2.69. The lowest BCUT2D eigenvalue weighted by Gasteiger charge is -2.13. The largest absolute Gasteiger partial charge is 0.322 e. The summed E-state index contributed by atoms with van der Waals surface area (Å²) in [6, 6.07) is 20.0. The summed E-state index contributed by atoms with van der Waals surface area (Å²) in [6.45, 7) is 3.59. The van der Waals surface area contributed by atoms with Crippen molar-refractivity contribution in [2.45, 2.75) is 23.6 Å². The molecule has 1 aromatic heterocycles. The molecule has 0 spiro atoms. The molecule has 190 valence electrons. The van der Waals surface area contributed by atoms with Gasteiger partial charge in [0.2, 0.25) is 0 Å². The molecule has 0 fully saturated rings. The normalized spacial score (nSPS) is 11.5. The third-order valence-corrected chi connectivity index (χ3v) is 8.19. The SMILES string of the molecule is Cc1ccc(S(=O)(=O)Nc2cc(C(=O)Nc3ccc(S(=O)(=O)Nc4cccnc4)cc3)ccc2C)cc1. The van der Waals surface area contributed by atoms with Crippen molar-refractivity contribution in [3.05, 3.63) is 108 Å². The maximum atomic E-state index is 12.8. The zero-order valence-corrected chi connectivity index (χ0v) is 21.6. The van der Waals surface area contributed by atoms with Gasteiger partial charge in [-0.1, -0.05) is 23.8 Å². The monoisotopic (exact) mass is 536 g/mol. The van der Waals surface area contributed by atoms with Gasteiger partial charge in [-0.15, -0.1) is 0 Å². The van der Waals surface area contributed by atoms with Crippen LogP contribution in [0, 0.1) is 13.8 Å². The molecule has 9 nitrogen and oxygen atoms in total. The molecule has 0 atom stereocenters. The molecule has 0 radical (unpaired) electrons. The van der Waals surface area contributed by atoms with E-state index in [4.69, 9.17) is 0 Å². The minimum absolute atomic E-state index is 0.0116. The van der Waals surface area contributed by atoms with Gasteiger partial charge in [0, 0.05) is 17.4 Å². The molecule has 1 heterocycles. The highest BCUT2D eigenvalue weighted by Gasteiger charge is 2.18. The van der Waals surface area contributed by atoms with Crippen molar-refractivity contribution in [2.24, 2.45) is 0 Å². The van der Waals surface area contributed by atoms with Gasteiger partial charge >= 0.3 is 0 Å². The van der Waals surface area contributed by atoms with Crippen molar-refractivity contribution in [2.75, 3.05) is 14.8 Å². The van der Waals surface area contributed by atoms with E-state index in [0.717, 1.165) is 5.56 Å². The lowest BCUT2D eigenvalue weighted by Crippen LogP contribution is -2.16. The Morgan fingerprint density at radius 1 is 0.730 bits per heavy atom. The van der Waals surface area contributed by atoms with Gasteiger partial charge in [-0.3, -0.25) is 19.2 Å². The Bertz CT molecular complexity index is 1640. The number of nitrogens with one attached hydrogen (secondary N) is 3. The number of aromatic nitrogens is 1. The molecule has 0 bridgehead atoms. The maximum absolute atomic E-state index is 12.8. The summed E-state index contributed by atoms with van der Waals surface area (Å²) in [5.41, 5.74) is 2.77.